The Morgan fingerprint density at radius 2 is 1.94 bits per heavy atom. The number of rotatable bonds is 2. The minimum absolute atomic E-state index is 0.193. The van der Waals surface area contributed by atoms with Crippen LogP contribution in [0.5, 0.6) is 0 Å². The Morgan fingerprint density at radius 1 is 1.11 bits per heavy atom. The third kappa shape index (κ3) is 2.27. The molecule has 0 saturated carbocycles. The van der Waals surface area contributed by atoms with E-state index in [1.807, 2.05) is 24.5 Å². The van der Waals surface area contributed by atoms with Crippen molar-refractivity contribution in [3.8, 4) is 10.4 Å². The van der Waals surface area contributed by atoms with Crippen LogP contribution < -0.4 is 0 Å². The molecule has 0 aliphatic carbocycles. The zero-order chi connectivity index (χ0) is 12.4. The predicted octanol–water partition coefficient (Wildman–Crippen LogP) is 4.63. The molecular formula is C15H12FNS. The lowest BCUT2D eigenvalue weighted by Gasteiger charge is -2.09. The van der Waals surface area contributed by atoms with Crippen LogP contribution in [0.25, 0.3) is 10.4 Å². The zero-order valence-corrected chi connectivity index (χ0v) is 10.5. The van der Waals surface area contributed by atoms with Crippen molar-refractivity contribution in [3.05, 3.63) is 59.4 Å². The van der Waals surface area contributed by atoms with Crippen molar-refractivity contribution >= 4 is 17.6 Å². The van der Waals surface area contributed by atoms with E-state index < -0.39 is 0 Å². The first-order chi connectivity index (χ1) is 8.83. The van der Waals surface area contributed by atoms with Gasteiger partial charge in [0, 0.05) is 28.1 Å². The molecule has 0 radical (unpaired) electrons. The standard InChI is InChI=1S/C15H12FNS/c16-13-3-1-11(2-4-13)14-5-6-15(18-14)12-7-9-17-10-8-12/h1-7,9-10,12H,8H2. The third-order valence-electron chi connectivity index (χ3n) is 2.99. The van der Waals surface area contributed by atoms with Crippen LogP contribution in [0.1, 0.15) is 17.2 Å². The van der Waals surface area contributed by atoms with E-state index in [-0.39, 0.29) is 5.82 Å². The highest BCUT2D eigenvalue weighted by Crippen LogP contribution is 2.34. The van der Waals surface area contributed by atoms with Crippen molar-refractivity contribution in [2.45, 2.75) is 12.3 Å². The van der Waals surface area contributed by atoms with E-state index >= 15 is 0 Å². The molecule has 0 fully saturated rings. The van der Waals surface area contributed by atoms with Gasteiger partial charge in [-0.15, -0.1) is 11.3 Å². The van der Waals surface area contributed by atoms with Gasteiger partial charge in [-0.05, 0) is 36.2 Å². The molecule has 1 aromatic heterocycles. The molecule has 3 heteroatoms. The summed E-state index contributed by atoms with van der Waals surface area (Å²) in [7, 11) is 0. The second-order valence-electron chi connectivity index (χ2n) is 4.22. The summed E-state index contributed by atoms with van der Waals surface area (Å²) >= 11 is 1.76. The highest BCUT2D eigenvalue weighted by Gasteiger charge is 2.12. The van der Waals surface area contributed by atoms with Crippen molar-refractivity contribution in [1.29, 1.82) is 0 Å². The Morgan fingerprint density at radius 3 is 2.67 bits per heavy atom. The van der Waals surface area contributed by atoms with Gasteiger partial charge in [-0.25, -0.2) is 4.39 Å². The lowest BCUT2D eigenvalue weighted by atomic mass is 10.0. The fraction of sp³-hybridized carbons (Fsp3) is 0.133. The molecule has 18 heavy (non-hydrogen) atoms. The molecule has 1 nitrogen and oxygen atoms in total. The minimum atomic E-state index is -0.193. The van der Waals surface area contributed by atoms with E-state index in [1.54, 1.807) is 11.3 Å². The van der Waals surface area contributed by atoms with Crippen LogP contribution in [0.3, 0.4) is 0 Å². The first-order valence-corrected chi connectivity index (χ1v) is 6.68. The lowest BCUT2D eigenvalue weighted by Crippen LogP contribution is -1.95. The molecular weight excluding hydrogens is 245 g/mol. The number of aliphatic imine (C=N–C) groups is 1. The minimum Gasteiger partial charge on any atom is -0.269 e. The molecule has 2 aromatic rings. The van der Waals surface area contributed by atoms with Gasteiger partial charge in [-0.1, -0.05) is 18.2 Å². The number of nitrogens with zero attached hydrogens (tertiary/aromatic N) is 1. The van der Waals surface area contributed by atoms with Crippen LogP contribution in [0.15, 0.2) is 53.7 Å². The molecule has 0 spiro atoms. The van der Waals surface area contributed by atoms with E-state index in [9.17, 15) is 4.39 Å². The van der Waals surface area contributed by atoms with Crippen molar-refractivity contribution in [2.75, 3.05) is 0 Å². The molecule has 1 atom stereocenters. The van der Waals surface area contributed by atoms with Gasteiger partial charge in [-0.2, -0.15) is 0 Å². The zero-order valence-electron chi connectivity index (χ0n) is 9.71. The molecule has 0 saturated heterocycles. The van der Waals surface area contributed by atoms with Crippen molar-refractivity contribution in [3.63, 3.8) is 0 Å². The van der Waals surface area contributed by atoms with Gasteiger partial charge in [0.2, 0.25) is 0 Å². The summed E-state index contributed by atoms with van der Waals surface area (Å²) in [5, 5.41) is 0. The first-order valence-electron chi connectivity index (χ1n) is 5.87. The second-order valence-corrected chi connectivity index (χ2v) is 5.34. The predicted molar refractivity (Wildman–Crippen MR) is 74.7 cm³/mol. The van der Waals surface area contributed by atoms with Crippen LogP contribution in [0, 0.1) is 5.82 Å². The maximum absolute atomic E-state index is 12.9. The molecule has 90 valence electrons. The van der Waals surface area contributed by atoms with Gasteiger partial charge >= 0.3 is 0 Å². The Labute approximate surface area is 109 Å². The molecule has 1 unspecified atom stereocenters. The molecule has 0 amide bonds. The van der Waals surface area contributed by atoms with Gasteiger partial charge in [0.05, 0.1) is 0 Å². The molecule has 1 aliphatic heterocycles. The number of allylic oxidation sites excluding steroid dienone is 1. The Balaban J connectivity index is 1.87. The third-order valence-corrected chi connectivity index (χ3v) is 4.26. The molecule has 1 aromatic carbocycles. The lowest BCUT2D eigenvalue weighted by molar-refractivity contribution is 0.628. The van der Waals surface area contributed by atoms with Gasteiger partial charge in [0.25, 0.3) is 0 Å². The quantitative estimate of drug-likeness (QED) is 0.744. The van der Waals surface area contributed by atoms with Crippen LogP contribution in [0.2, 0.25) is 0 Å². The number of benzene rings is 1. The number of hydrogen-bond acceptors (Lipinski definition) is 2. The summed E-state index contributed by atoms with van der Waals surface area (Å²) in [6.07, 6.45) is 6.88. The van der Waals surface area contributed by atoms with Crippen molar-refractivity contribution < 1.29 is 4.39 Å². The molecule has 2 heterocycles. The molecule has 1 aliphatic rings. The largest absolute Gasteiger partial charge is 0.269 e. The maximum atomic E-state index is 12.9. The fourth-order valence-corrected chi connectivity index (χ4v) is 3.11. The summed E-state index contributed by atoms with van der Waals surface area (Å²) < 4.78 is 12.9. The molecule has 0 N–H and O–H groups in total. The average Bonchev–Trinajstić information content (AvgIpc) is 2.90. The molecule has 0 bridgehead atoms. The smallest absolute Gasteiger partial charge is 0.123 e. The van der Waals surface area contributed by atoms with Gasteiger partial charge in [-0.3, -0.25) is 4.99 Å². The highest BCUT2D eigenvalue weighted by molar-refractivity contribution is 7.15. The first kappa shape index (κ1) is 11.4. The Hall–Kier alpha value is -1.74. The van der Waals surface area contributed by atoms with Crippen LogP contribution in [-0.4, -0.2) is 6.21 Å². The SMILES string of the molecule is Fc1ccc(-c2ccc(C3C=CN=CC3)s2)cc1. The Kier molecular flexibility index (Phi) is 3.07. The number of halogens is 1. The van der Waals surface area contributed by atoms with E-state index in [0.29, 0.717) is 5.92 Å². The van der Waals surface area contributed by atoms with Crippen LogP contribution in [-0.2, 0) is 0 Å². The van der Waals surface area contributed by atoms with Crippen LogP contribution >= 0.6 is 11.3 Å². The van der Waals surface area contributed by atoms with Crippen molar-refractivity contribution in [2.24, 2.45) is 4.99 Å². The topological polar surface area (TPSA) is 12.4 Å². The normalized spacial score (nSPS) is 18.2. The van der Waals surface area contributed by atoms with E-state index in [4.69, 9.17) is 0 Å². The van der Waals surface area contributed by atoms with Crippen LogP contribution in [0.4, 0.5) is 4.39 Å². The molecule has 3 rings (SSSR count). The van der Waals surface area contributed by atoms with Gasteiger partial charge in [0.1, 0.15) is 5.82 Å². The summed E-state index contributed by atoms with van der Waals surface area (Å²) in [4.78, 5) is 6.60. The van der Waals surface area contributed by atoms with E-state index in [1.165, 1.54) is 21.9 Å². The van der Waals surface area contributed by atoms with E-state index in [2.05, 4.69) is 23.2 Å². The van der Waals surface area contributed by atoms with Gasteiger partial charge in [0.15, 0.2) is 0 Å². The summed E-state index contributed by atoms with van der Waals surface area (Å²) in [6, 6.07) is 10.9. The Bertz CT molecular complexity index is 595. The fourth-order valence-electron chi connectivity index (χ4n) is 2.00. The van der Waals surface area contributed by atoms with E-state index in [0.717, 1.165) is 12.0 Å². The number of hydrogen-bond donors (Lipinski definition) is 0. The summed E-state index contributed by atoms with van der Waals surface area (Å²) in [5.41, 5.74) is 1.07. The second kappa shape index (κ2) is 4.86. The summed E-state index contributed by atoms with van der Waals surface area (Å²) in [6.45, 7) is 0. The maximum Gasteiger partial charge on any atom is 0.123 e. The number of thiophene rings is 1. The van der Waals surface area contributed by atoms with Gasteiger partial charge < -0.3 is 0 Å². The van der Waals surface area contributed by atoms with Crippen molar-refractivity contribution in [1.82, 2.24) is 0 Å². The monoisotopic (exact) mass is 257 g/mol. The average molecular weight is 257 g/mol. The summed E-state index contributed by atoms with van der Waals surface area (Å²) in [5.74, 6) is 0.239. The highest BCUT2D eigenvalue weighted by atomic mass is 32.1.